The summed E-state index contributed by atoms with van der Waals surface area (Å²) in [5.74, 6) is -1.16. The number of carbonyl (C=O) groups is 2. The number of aliphatic carboxylic acids is 1. The van der Waals surface area contributed by atoms with Gasteiger partial charge in [0.1, 0.15) is 6.54 Å². The van der Waals surface area contributed by atoms with Crippen molar-refractivity contribution in [2.45, 2.75) is 13.0 Å². The lowest BCUT2D eigenvalue weighted by atomic mass is 10.1. The third kappa shape index (κ3) is 3.91. The normalized spacial score (nSPS) is 10.1. The van der Waals surface area contributed by atoms with Crippen LogP contribution in [-0.4, -0.2) is 32.0 Å². The standard InChI is InChI=1S/C12H12N4O3/c17-11(8-16-5-4-13-15-16)14-10-3-1-2-9(6-10)7-12(18)19/h1-6H,7-8H2,(H,14,17)(H,18,19). The highest BCUT2D eigenvalue weighted by atomic mass is 16.4. The highest BCUT2D eigenvalue weighted by Crippen LogP contribution is 2.11. The first-order valence-corrected chi connectivity index (χ1v) is 5.58. The number of carboxylic acid groups (broad SMARTS) is 1. The van der Waals surface area contributed by atoms with E-state index in [0.29, 0.717) is 11.3 Å². The van der Waals surface area contributed by atoms with E-state index in [-0.39, 0.29) is 18.9 Å². The van der Waals surface area contributed by atoms with Crippen LogP contribution in [0, 0.1) is 0 Å². The van der Waals surface area contributed by atoms with Gasteiger partial charge in [0.15, 0.2) is 0 Å². The predicted molar refractivity (Wildman–Crippen MR) is 66.4 cm³/mol. The average molecular weight is 260 g/mol. The van der Waals surface area contributed by atoms with Gasteiger partial charge in [0.05, 0.1) is 12.6 Å². The molecule has 0 saturated heterocycles. The zero-order valence-corrected chi connectivity index (χ0v) is 9.98. The smallest absolute Gasteiger partial charge is 0.307 e. The van der Waals surface area contributed by atoms with Gasteiger partial charge in [-0.05, 0) is 17.7 Å². The van der Waals surface area contributed by atoms with E-state index in [1.165, 1.54) is 10.9 Å². The van der Waals surface area contributed by atoms with Gasteiger partial charge in [0, 0.05) is 11.9 Å². The summed E-state index contributed by atoms with van der Waals surface area (Å²) in [5, 5.41) is 18.7. The number of nitrogens with zero attached hydrogens (tertiary/aromatic N) is 3. The molecule has 2 aromatic rings. The van der Waals surface area contributed by atoms with E-state index >= 15 is 0 Å². The molecule has 19 heavy (non-hydrogen) atoms. The molecule has 0 aliphatic heterocycles. The van der Waals surface area contributed by atoms with E-state index in [4.69, 9.17) is 5.11 Å². The van der Waals surface area contributed by atoms with Crippen molar-refractivity contribution in [1.29, 1.82) is 0 Å². The fraction of sp³-hybridized carbons (Fsp3) is 0.167. The number of carbonyl (C=O) groups excluding carboxylic acids is 1. The van der Waals surface area contributed by atoms with Crippen LogP contribution in [0.15, 0.2) is 36.7 Å². The SMILES string of the molecule is O=C(O)Cc1cccc(NC(=O)Cn2ccnn2)c1. The molecule has 2 N–H and O–H groups in total. The molecular weight excluding hydrogens is 248 g/mol. The van der Waals surface area contributed by atoms with Gasteiger partial charge in [0.25, 0.3) is 0 Å². The van der Waals surface area contributed by atoms with Crippen LogP contribution in [0.3, 0.4) is 0 Å². The van der Waals surface area contributed by atoms with Crippen molar-refractivity contribution >= 4 is 17.6 Å². The molecule has 0 aliphatic carbocycles. The molecule has 1 heterocycles. The molecule has 1 aromatic carbocycles. The van der Waals surface area contributed by atoms with Crippen LogP contribution in [0.2, 0.25) is 0 Å². The van der Waals surface area contributed by atoms with Crippen LogP contribution in [0.1, 0.15) is 5.56 Å². The van der Waals surface area contributed by atoms with E-state index in [2.05, 4.69) is 15.6 Å². The number of carboxylic acids is 1. The van der Waals surface area contributed by atoms with Crippen molar-refractivity contribution in [2.75, 3.05) is 5.32 Å². The van der Waals surface area contributed by atoms with Crippen LogP contribution >= 0.6 is 0 Å². The number of nitrogens with one attached hydrogen (secondary N) is 1. The molecule has 2 rings (SSSR count). The van der Waals surface area contributed by atoms with E-state index < -0.39 is 5.97 Å². The van der Waals surface area contributed by atoms with Gasteiger partial charge in [0.2, 0.25) is 5.91 Å². The molecule has 0 saturated carbocycles. The zero-order valence-electron chi connectivity index (χ0n) is 9.98. The monoisotopic (exact) mass is 260 g/mol. The first-order valence-electron chi connectivity index (χ1n) is 5.58. The summed E-state index contributed by atoms with van der Waals surface area (Å²) in [6, 6.07) is 6.72. The fourth-order valence-electron chi connectivity index (χ4n) is 1.60. The molecule has 0 unspecified atom stereocenters. The minimum absolute atomic E-state index is 0.0587. The number of benzene rings is 1. The molecule has 0 spiro atoms. The van der Waals surface area contributed by atoms with E-state index in [1.807, 2.05) is 0 Å². The first-order chi connectivity index (χ1) is 9.13. The second-order valence-electron chi connectivity index (χ2n) is 3.92. The Labute approximate surface area is 108 Å². The molecule has 1 amide bonds. The summed E-state index contributed by atoms with van der Waals surface area (Å²) < 4.78 is 1.40. The summed E-state index contributed by atoms with van der Waals surface area (Å²) >= 11 is 0. The third-order valence-corrected chi connectivity index (χ3v) is 2.34. The van der Waals surface area contributed by atoms with Gasteiger partial charge in [-0.3, -0.25) is 9.59 Å². The maximum Gasteiger partial charge on any atom is 0.307 e. The molecule has 1 aromatic heterocycles. The van der Waals surface area contributed by atoms with Crippen molar-refractivity contribution < 1.29 is 14.7 Å². The van der Waals surface area contributed by atoms with Gasteiger partial charge >= 0.3 is 5.97 Å². The summed E-state index contributed by atoms with van der Waals surface area (Å²) in [7, 11) is 0. The number of anilines is 1. The number of aromatic nitrogens is 3. The summed E-state index contributed by atoms with van der Waals surface area (Å²) in [5.41, 5.74) is 1.19. The van der Waals surface area contributed by atoms with Crippen LogP contribution in [0.5, 0.6) is 0 Å². The Balaban J connectivity index is 1.98. The van der Waals surface area contributed by atoms with Crippen LogP contribution in [0.4, 0.5) is 5.69 Å². The Hall–Kier alpha value is -2.70. The molecule has 0 aliphatic rings. The molecule has 0 bridgehead atoms. The molecular formula is C12H12N4O3. The summed E-state index contributed by atoms with van der Waals surface area (Å²) in [6.07, 6.45) is 2.99. The highest BCUT2D eigenvalue weighted by Gasteiger charge is 2.06. The van der Waals surface area contributed by atoms with Crippen LogP contribution in [0.25, 0.3) is 0 Å². The van der Waals surface area contributed by atoms with Gasteiger partial charge in [-0.25, -0.2) is 4.68 Å². The zero-order chi connectivity index (χ0) is 13.7. The van der Waals surface area contributed by atoms with Gasteiger partial charge in [-0.2, -0.15) is 0 Å². The van der Waals surface area contributed by atoms with Gasteiger partial charge in [-0.15, -0.1) is 5.10 Å². The molecule has 7 nitrogen and oxygen atoms in total. The largest absolute Gasteiger partial charge is 0.481 e. The van der Waals surface area contributed by atoms with Crippen LogP contribution < -0.4 is 5.32 Å². The lowest BCUT2D eigenvalue weighted by molar-refractivity contribution is -0.136. The van der Waals surface area contributed by atoms with Gasteiger partial charge in [-0.1, -0.05) is 17.3 Å². The topological polar surface area (TPSA) is 97.1 Å². The Morgan fingerprint density at radius 3 is 2.89 bits per heavy atom. The number of amides is 1. The predicted octanol–water partition coefficient (Wildman–Crippen LogP) is 0.544. The van der Waals surface area contributed by atoms with Crippen molar-refractivity contribution in [3.8, 4) is 0 Å². The van der Waals surface area contributed by atoms with Crippen molar-refractivity contribution in [3.05, 3.63) is 42.2 Å². The van der Waals surface area contributed by atoms with E-state index in [9.17, 15) is 9.59 Å². The number of hydrogen-bond acceptors (Lipinski definition) is 4. The maximum atomic E-state index is 11.7. The molecule has 0 atom stereocenters. The minimum atomic E-state index is -0.911. The number of rotatable bonds is 5. The Bertz CT molecular complexity index is 580. The second-order valence-corrected chi connectivity index (χ2v) is 3.92. The van der Waals surface area contributed by atoms with Crippen LogP contribution in [-0.2, 0) is 22.6 Å². The minimum Gasteiger partial charge on any atom is -0.481 e. The first kappa shape index (κ1) is 12.7. The second kappa shape index (κ2) is 5.76. The average Bonchev–Trinajstić information content (AvgIpc) is 2.81. The Morgan fingerprint density at radius 2 is 2.21 bits per heavy atom. The van der Waals surface area contributed by atoms with Crippen molar-refractivity contribution in [3.63, 3.8) is 0 Å². The quantitative estimate of drug-likeness (QED) is 0.818. The molecule has 98 valence electrons. The highest BCUT2D eigenvalue weighted by molar-refractivity contribution is 5.90. The molecule has 7 heteroatoms. The van der Waals surface area contributed by atoms with E-state index in [0.717, 1.165) is 0 Å². The van der Waals surface area contributed by atoms with Crippen molar-refractivity contribution in [2.24, 2.45) is 0 Å². The fourth-order valence-corrected chi connectivity index (χ4v) is 1.60. The summed E-state index contributed by atoms with van der Waals surface area (Å²) in [6.45, 7) is 0.0587. The Morgan fingerprint density at radius 1 is 1.37 bits per heavy atom. The lowest BCUT2D eigenvalue weighted by Crippen LogP contribution is -2.19. The third-order valence-electron chi connectivity index (χ3n) is 2.34. The Kier molecular flexibility index (Phi) is 3.87. The molecule has 0 fully saturated rings. The van der Waals surface area contributed by atoms with Crippen molar-refractivity contribution in [1.82, 2.24) is 15.0 Å². The van der Waals surface area contributed by atoms with Gasteiger partial charge < -0.3 is 10.4 Å². The van der Waals surface area contributed by atoms with E-state index in [1.54, 1.807) is 30.5 Å². The number of hydrogen-bond donors (Lipinski definition) is 2. The lowest BCUT2D eigenvalue weighted by Gasteiger charge is -2.06. The maximum absolute atomic E-state index is 11.7. The summed E-state index contributed by atoms with van der Waals surface area (Å²) in [4.78, 5) is 22.3. The molecule has 0 radical (unpaired) electrons.